The molecule has 13 heteroatoms. The maximum Gasteiger partial charge on any atom is 0.292 e. The Morgan fingerprint density at radius 1 is 0.765 bits per heavy atom. The van der Waals surface area contributed by atoms with E-state index in [4.69, 9.17) is 42.3 Å². The van der Waals surface area contributed by atoms with Gasteiger partial charge in [-0.15, -0.1) is 0 Å². The first kappa shape index (κ1) is 26.1. The van der Waals surface area contributed by atoms with E-state index >= 15 is 0 Å². The third-order valence-corrected chi connectivity index (χ3v) is 6.09. The molecule has 2 unspecified atom stereocenters. The summed E-state index contributed by atoms with van der Waals surface area (Å²) < 4.78 is 49.2. The van der Waals surface area contributed by atoms with E-state index in [1.54, 1.807) is 0 Å². The van der Waals surface area contributed by atoms with Crippen LogP contribution in [0.1, 0.15) is 22.6 Å². The summed E-state index contributed by atoms with van der Waals surface area (Å²) in [5, 5.41) is 33.3. The van der Waals surface area contributed by atoms with Crippen LogP contribution in [0.4, 0.5) is 0 Å². The summed E-state index contributed by atoms with van der Waals surface area (Å²) in [6.07, 6.45) is 0.799. The van der Waals surface area contributed by atoms with Crippen molar-refractivity contribution in [3.63, 3.8) is 0 Å². The van der Waals surface area contributed by atoms with Gasteiger partial charge in [-0.1, -0.05) is 0 Å². The highest BCUT2D eigenvalue weighted by Crippen LogP contribution is 2.53. The first-order valence-corrected chi connectivity index (χ1v) is 9.76. The standard InChI is InChI=1S/C21H28O13/c1-26-16-17(27-2)20(30-5,31-6)15-12(19(16,25)29-4)13(23)11-10(22)9-18(24,28-3)21(32-7,33-8)14(11)34-15/h9,22,24-25H,1-8H3. The molecule has 1 aromatic heterocycles. The van der Waals surface area contributed by atoms with E-state index in [-0.39, 0.29) is 11.5 Å². The summed E-state index contributed by atoms with van der Waals surface area (Å²) >= 11 is 0. The molecule has 2 aliphatic carbocycles. The lowest BCUT2D eigenvalue weighted by Gasteiger charge is -2.46. The van der Waals surface area contributed by atoms with Crippen LogP contribution in [0.3, 0.4) is 0 Å². The molecule has 2 atom stereocenters. The Bertz CT molecular complexity index is 1080. The Morgan fingerprint density at radius 2 is 1.32 bits per heavy atom. The molecule has 0 aromatic carbocycles. The zero-order valence-corrected chi connectivity index (χ0v) is 20.0. The van der Waals surface area contributed by atoms with E-state index in [2.05, 4.69) is 0 Å². The highest BCUT2D eigenvalue weighted by Gasteiger charge is 2.65. The van der Waals surface area contributed by atoms with Gasteiger partial charge in [0.25, 0.3) is 23.1 Å². The molecule has 0 spiro atoms. The molecule has 1 aromatic rings. The fourth-order valence-corrected chi connectivity index (χ4v) is 4.44. The van der Waals surface area contributed by atoms with Crippen molar-refractivity contribution in [2.75, 3.05) is 56.9 Å². The maximum atomic E-state index is 13.9. The van der Waals surface area contributed by atoms with Crippen molar-refractivity contribution in [2.45, 2.75) is 23.1 Å². The van der Waals surface area contributed by atoms with Gasteiger partial charge in [0.05, 0.1) is 14.2 Å². The molecule has 3 N–H and O–H groups in total. The van der Waals surface area contributed by atoms with Gasteiger partial charge in [0, 0.05) is 48.7 Å². The Morgan fingerprint density at radius 3 is 1.74 bits per heavy atom. The number of rotatable bonds is 8. The van der Waals surface area contributed by atoms with Crippen LogP contribution in [0.2, 0.25) is 0 Å². The normalized spacial score (nSPS) is 27.1. The van der Waals surface area contributed by atoms with Crippen LogP contribution in [-0.2, 0) is 55.3 Å². The minimum absolute atomic E-state index is 0.252. The van der Waals surface area contributed by atoms with Gasteiger partial charge >= 0.3 is 0 Å². The molecule has 1 heterocycles. The SMILES string of the molecule is COC1=C(OC)C(OC)(OC)c2oc3c(c(=O)c2C1(O)OC)C(O)=CC(O)(OC)C3(OC)OC. The van der Waals surface area contributed by atoms with Gasteiger partial charge in [-0.05, 0) is 0 Å². The van der Waals surface area contributed by atoms with Gasteiger partial charge in [-0.3, -0.25) is 4.79 Å². The predicted octanol–water partition coefficient (Wildman–Crippen LogP) is 0.0880. The fourth-order valence-electron chi connectivity index (χ4n) is 4.44. The Hall–Kier alpha value is -2.49. The molecule has 190 valence electrons. The van der Waals surface area contributed by atoms with Crippen molar-refractivity contribution in [3.8, 4) is 0 Å². The van der Waals surface area contributed by atoms with Crippen LogP contribution in [0, 0.1) is 0 Å². The molecular weight excluding hydrogens is 460 g/mol. The van der Waals surface area contributed by atoms with Gasteiger partial charge in [-0.2, -0.15) is 0 Å². The van der Waals surface area contributed by atoms with Crippen LogP contribution >= 0.6 is 0 Å². The lowest BCUT2D eigenvalue weighted by molar-refractivity contribution is -0.377. The molecular formula is C21H28O13. The summed E-state index contributed by atoms with van der Waals surface area (Å²) in [6.45, 7) is 0. The lowest BCUT2D eigenvalue weighted by atomic mass is 9.84. The fraction of sp³-hybridized carbons (Fsp3) is 0.571. The van der Waals surface area contributed by atoms with E-state index in [9.17, 15) is 20.1 Å². The number of hydrogen-bond acceptors (Lipinski definition) is 13. The highest BCUT2D eigenvalue weighted by molar-refractivity contribution is 5.67. The molecule has 0 fully saturated rings. The molecule has 2 aliphatic rings. The summed E-state index contributed by atoms with van der Waals surface area (Å²) in [7, 11) is 9.42. The summed E-state index contributed by atoms with van der Waals surface area (Å²) in [5.74, 6) is -11.8. The van der Waals surface area contributed by atoms with Crippen molar-refractivity contribution in [3.05, 3.63) is 50.5 Å². The second-order valence-electron chi connectivity index (χ2n) is 7.23. The van der Waals surface area contributed by atoms with Crippen LogP contribution in [0.15, 0.2) is 26.8 Å². The maximum absolute atomic E-state index is 13.9. The number of hydrogen-bond donors (Lipinski definition) is 3. The average Bonchev–Trinajstić information content (AvgIpc) is 2.84. The topological polar surface area (TPSA) is 165 Å². The van der Waals surface area contributed by atoms with Crippen molar-refractivity contribution >= 4 is 5.76 Å². The van der Waals surface area contributed by atoms with E-state index < -0.39 is 57.0 Å². The highest BCUT2D eigenvalue weighted by atomic mass is 16.8. The van der Waals surface area contributed by atoms with Gasteiger partial charge in [0.1, 0.15) is 16.9 Å². The largest absolute Gasteiger partial charge is 0.507 e. The number of fused-ring (bicyclic) bond motifs is 2. The lowest BCUT2D eigenvalue weighted by Crippen LogP contribution is -2.58. The molecule has 0 bridgehead atoms. The molecule has 0 amide bonds. The van der Waals surface area contributed by atoms with Crippen LogP contribution in [-0.4, -0.2) is 78.0 Å². The minimum Gasteiger partial charge on any atom is -0.507 e. The summed E-state index contributed by atoms with van der Waals surface area (Å²) in [4.78, 5) is 13.9. The number of aliphatic hydroxyl groups is 3. The van der Waals surface area contributed by atoms with Crippen LogP contribution < -0.4 is 5.43 Å². The van der Waals surface area contributed by atoms with E-state index in [1.165, 1.54) is 28.4 Å². The minimum atomic E-state index is -2.57. The van der Waals surface area contributed by atoms with Crippen LogP contribution in [0.5, 0.6) is 0 Å². The molecule has 0 radical (unpaired) electrons. The second kappa shape index (κ2) is 8.62. The third-order valence-electron chi connectivity index (χ3n) is 6.09. The molecule has 0 saturated heterocycles. The average molecular weight is 488 g/mol. The number of methoxy groups -OCH3 is 8. The van der Waals surface area contributed by atoms with E-state index in [0.717, 1.165) is 34.5 Å². The predicted molar refractivity (Wildman–Crippen MR) is 111 cm³/mol. The van der Waals surface area contributed by atoms with Crippen LogP contribution in [0.25, 0.3) is 5.76 Å². The van der Waals surface area contributed by atoms with Crippen molar-refractivity contribution in [1.29, 1.82) is 0 Å². The Labute approximate surface area is 194 Å². The first-order valence-electron chi connectivity index (χ1n) is 9.76. The Balaban J connectivity index is 2.63. The van der Waals surface area contributed by atoms with Gasteiger partial charge in [0.15, 0.2) is 11.5 Å². The summed E-state index contributed by atoms with van der Waals surface area (Å²) in [6, 6.07) is 0. The van der Waals surface area contributed by atoms with Gasteiger partial charge in [0.2, 0.25) is 16.9 Å². The Kier molecular flexibility index (Phi) is 6.62. The second-order valence-corrected chi connectivity index (χ2v) is 7.23. The van der Waals surface area contributed by atoms with Crippen molar-refractivity contribution in [1.82, 2.24) is 0 Å². The smallest absolute Gasteiger partial charge is 0.292 e. The zero-order valence-electron chi connectivity index (χ0n) is 20.0. The van der Waals surface area contributed by atoms with Gasteiger partial charge < -0.3 is 57.6 Å². The van der Waals surface area contributed by atoms with E-state index in [1.807, 2.05) is 0 Å². The van der Waals surface area contributed by atoms with Gasteiger partial charge in [-0.25, -0.2) is 0 Å². The summed E-state index contributed by atoms with van der Waals surface area (Å²) in [5.41, 5.74) is -2.08. The molecule has 3 rings (SSSR count). The monoisotopic (exact) mass is 488 g/mol. The van der Waals surface area contributed by atoms with E-state index in [0.29, 0.717) is 0 Å². The zero-order chi connectivity index (χ0) is 25.7. The molecule has 13 nitrogen and oxygen atoms in total. The molecule has 34 heavy (non-hydrogen) atoms. The molecule has 0 aliphatic heterocycles. The van der Waals surface area contributed by atoms with Crippen molar-refractivity contribution in [2.24, 2.45) is 0 Å². The van der Waals surface area contributed by atoms with Crippen molar-refractivity contribution < 1.29 is 57.6 Å². The third kappa shape index (κ3) is 2.86. The first-order chi connectivity index (χ1) is 16.0. The number of ether oxygens (including phenoxy) is 8. The number of aliphatic hydroxyl groups excluding tert-OH is 1. The molecule has 0 saturated carbocycles. The quantitative estimate of drug-likeness (QED) is 0.422.